The lowest BCUT2D eigenvalue weighted by molar-refractivity contribution is -0.126. The molecule has 1 heterocycles. The molecule has 1 fully saturated rings. The molecule has 21 heavy (non-hydrogen) atoms. The minimum atomic E-state index is -0.230. The fourth-order valence-corrected chi connectivity index (χ4v) is 2.36. The van der Waals surface area contributed by atoms with Gasteiger partial charge in [-0.25, -0.2) is 0 Å². The predicted octanol–water partition coefficient (Wildman–Crippen LogP) is 1.04. The largest absolute Gasteiger partial charge is 0.354 e. The molecule has 0 saturated carbocycles. The highest BCUT2D eigenvalue weighted by Crippen LogP contribution is 2.15. The highest BCUT2D eigenvalue weighted by Gasteiger charge is 2.28. The predicted molar refractivity (Wildman–Crippen MR) is 82.3 cm³/mol. The monoisotopic (exact) mass is 309 g/mol. The molecule has 1 aliphatic rings. The third-order valence-electron chi connectivity index (χ3n) is 3.76. The lowest BCUT2D eigenvalue weighted by Crippen LogP contribution is -2.50. The van der Waals surface area contributed by atoms with Gasteiger partial charge in [0, 0.05) is 19.0 Å². The first-order valence-electron chi connectivity index (χ1n) is 7.10. The Balaban J connectivity index is 1.68. The molecule has 6 heteroatoms. The van der Waals surface area contributed by atoms with Crippen molar-refractivity contribution in [3.05, 3.63) is 34.9 Å². The Morgan fingerprint density at radius 2 is 1.95 bits per heavy atom. The molecule has 114 valence electrons. The van der Waals surface area contributed by atoms with Crippen molar-refractivity contribution in [3.63, 3.8) is 0 Å². The van der Waals surface area contributed by atoms with Gasteiger partial charge in [-0.3, -0.25) is 9.59 Å². The van der Waals surface area contributed by atoms with Crippen molar-refractivity contribution in [2.45, 2.75) is 6.92 Å². The van der Waals surface area contributed by atoms with Crippen LogP contribution in [0.25, 0.3) is 0 Å². The van der Waals surface area contributed by atoms with Crippen LogP contribution >= 0.6 is 11.6 Å². The van der Waals surface area contributed by atoms with Crippen LogP contribution in [0, 0.1) is 11.8 Å². The van der Waals surface area contributed by atoms with Crippen LogP contribution < -0.4 is 16.0 Å². The number of nitrogens with one attached hydrogen (secondary N) is 3. The molecule has 1 aromatic carbocycles. The molecule has 2 amide bonds. The third kappa shape index (κ3) is 4.19. The van der Waals surface area contributed by atoms with Crippen LogP contribution in [0.1, 0.15) is 17.3 Å². The van der Waals surface area contributed by atoms with Gasteiger partial charge in [0.1, 0.15) is 0 Å². The lowest BCUT2D eigenvalue weighted by atomic mass is 9.88. The molecule has 1 unspecified atom stereocenters. The summed E-state index contributed by atoms with van der Waals surface area (Å²) in [6.07, 6.45) is 0. The van der Waals surface area contributed by atoms with Crippen LogP contribution in [0.4, 0.5) is 0 Å². The Kier molecular flexibility index (Phi) is 5.59. The maximum atomic E-state index is 11.9. The van der Waals surface area contributed by atoms with Crippen LogP contribution in [-0.2, 0) is 4.79 Å². The standard InChI is InChI=1S/C15H20ClN3O2/c1-10(11-8-17-9-11)14(20)18-6-7-19-15(21)12-4-2-3-5-13(12)16/h2-5,10-11,17H,6-9H2,1H3,(H,18,20)(H,19,21). The van der Waals surface area contributed by atoms with Gasteiger partial charge in [0.2, 0.25) is 5.91 Å². The van der Waals surface area contributed by atoms with Crippen LogP contribution in [0.15, 0.2) is 24.3 Å². The molecule has 1 aromatic rings. The van der Waals surface area contributed by atoms with Gasteiger partial charge in [-0.2, -0.15) is 0 Å². The Morgan fingerprint density at radius 3 is 2.57 bits per heavy atom. The molecule has 0 bridgehead atoms. The van der Waals surface area contributed by atoms with Gasteiger partial charge in [0.15, 0.2) is 0 Å². The maximum absolute atomic E-state index is 11.9. The number of amides is 2. The van der Waals surface area contributed by atoms with E-state index in [2.05, 4.69) is 16.0 Å². The number of halogens is 1. The molecule has 1 aliphatic heterocycles. The van der Waals surface area contributed by atoms with E-state index >= 15 is 0 Å². The van der Waals surface area contributed by atoms with Gasteiger partial charge < -0.3 is 16.0 Å². The quantitative estimate of drug-likeness (QED) is 0.688. The summed E-state index contributed by atoms with van der Waals surface area (Å²) in [5, 5.41) is 9.15. The van der Waals surface area contributed by atoms with Gasteiger partial charge in [-0.05, 0) is 31.1 Å². The number of carbonyl (C=O) groups is 2. The zero-order valence-corrected chi connectivity index (χ0v) is 12.7. The second-order valence-corrected chi connectivity index (χ2v) is 5.64. The Morgan fingerprint density at radius 1 is 1.29 bits per heavy atom. The molecule has 5 nitrogen and oxygen atoms in total. The van der Waals surface area contributed by atoms with E-state index in [9.17, 15) is 9.59 Å². The molecule has 3 N–H and O–H groups in total. The minimum absolute atomic E-state index is 0.00511. The van der Waals surface area contributed by atoms with Gasteiger partial charge >= 0.3 is 0 Å². The van der Waals surface area contributed by atoms with E-state index < -0.39 is 0 Å². The summed E-state index contributed by atoms with van der Waals surface area (Å²) in [4.78, 5) is 23.8. The molecule has 1 saturated heterocycles. The Labute approximate surface area is 129 Å². The van der Waals surface area contributed by atoms with Crippen molar-refractivity contribution in [1.29, 1.82) is 0 Å². The highest BCUT2D eigenvalue weighted by atomic mass is 35.5. The molecule has 1 atom stereocenters. The van der Waals surface area contributed by atoms with Crippen molar-refractivity contribution < 1.29 is 9.59 Å². The molecule has 0 spiro atoms. The van der Waals surface area contributed by atoms with Crippen LogP contribution in [0.5, 0.6) is 0 Å². The summed E-state index contributed by atoms with van der Waals surface area (Å²) in [5.74, 6) is 0.229. The smallest absolute Gasteiger partial charge is 0.252 e. The first-order chi connectivity index (χ1) is 10.1. The Bertz CT molecular complexity index is 517. The topological polar surface area (TPSA) is 70.2 Å². The van der Waals surface area contributed by atoms with E-state index in [1.165, 1.54) is 0 Å². The summed E-state index contributed by atoms with van der Waals surface area (Å²) in [5.41, 5.74) is 0.444. The molecular weight excluding hydrogens is 290 g/mol. The second-order valence-electron chi connectivity index (χ2n) is 5.23. The van der Waals surface area contributed by atoms with Crippen molar-refractivity contribution in [2.24, 2.45) is 11.8 Å². The summed E-state index contributed by atoms with van der Waals surface area (Å²) >= 11 is 5.94. The van der Waals surface area contributed by atoms with Gasteiger partial charge in [-0.1, -0.05) is 30.7 Å². The van der Waals surface area contributed by atoms with E-state index in [0.29, 0.717) is 29.6 Å². The van der Waals surface area contributed by atoms with Crippen LogP contribution in [0.3, 0.4) is 0 Å². The fourth-order valence-electron chi connectivity index (χ4n) is 2.14. The average Bonchev–Trinajstić information content (AvgIpc) is 2.41. The normalized spacial score (nSPS) is 15.9. The number of hydrogen-bond acceptors (Lipinski definition) is 3. The van der Waals surface area contributed by atoms with Crippen molar-refractivity contribution in [3.8, 4) is 0 Å². The first kappa shape index (κ1) is 15.8. The van der Waals surface area contributed by atoms with Gasteiger partial charge in [0.05, 0.1) is 10.6 Å². The lowest BCUT2D eigenvalue weighted by Gasteiger charge is -2.31. The van der Waals surface area contributed by atoms with Crippen molar-refractivity contribution >= 4 is 23.4 Å². The third-order valence-corrected chi connectivity index (χ3v) is 4.09. The van der Waals surface area contributed by atoms with Crippen molar-refractivity contribution in [1.82, 2.24) is 16.0 Å². The molecule has 2 rings (SSSR count). The van der Waals surface area contributed by atoms with E-state index in [1.807, 2.05) is 6.92 Å². The van der Waals surface area contributed by atoms with Crippen LogP contribution in [0.2, 0.25) is 5.02 Å². The van der Waals surface area contributed by atoms with E-state index in [4.69, 9.17) is 11.6 Å². The molecule has 0 radical (unpaired) electrons. The number of rotatable bonds is 6. The minimum Gasteiger partial charge on any atom is -0.354 e. The number of benzene rings is 1. The Hall–Kier alpha value is -1.59. The van der Waals surface area contributed by atoms with Crippen molar-refractivity contribution in [2.75, 3.05) is 26.2 Å². The summed E-state index contributed by atoms with van der Waals surface area (Å²) < 4.78 is 0. The van der Waals surface area contributed by atoms with E-state index in [-0.39, 0.29) is 17.7 Å². The fraction of sp³-hybridized carbons (Fsp3) is 0.467. The maximum Gasteiger partial charge on any atom is 0.252 e. The van der Waals surface area contributed by atoms with Crippen LogP contribution in [-0.4, -0.2) is 38.0 Å². The second kappa shape index (κ2) is 7.43. The number of carbonyl (C=O) groups excluding carboxylic acids is 2. The van der Waals surface area contributed by atoms with E-state index in [1.54, 1.807) is 24.3 Å². The number of hydrogen-bond donors (Lipinski definition) is 3. The summed E-state index contributed by atoms with van der Waals surface area (Å²) in [7, 11) is 0. The molecule has 0 aromatic heterocycles. The van der Waals surface area contributed by atoms with Gasteiger partial charge in [0.25, 0.3) is 5.91 Å². The summed E-state index contributed by atoms with van der Waals surface area (Å²) in [6.45, 7) is 4.53. The zero-order chi connectivity index (χ0) is 15.2. The molecular formula is C15H20ClN3O2. The summed E-state index contributed by atoms with van der Waals surface area (Å²) in [6, 6.07) is 6.88. The SMILES string of the molecule is CC(C(=O)NCCNC(=O)c1ccccc1Cl)C1CNC1. The van der Waals surface area contributed by atoms with E-state index in [0.717, 1.165) is 13.1 Å². The zero-order valence-electron chi connectivity index (χ0n) is 12.0. The molecule has 0 aliphatic carbocycles. The highest BCUT2D eigenvalue weighted by molar-refractivity contribution is 6.33. The first-order valence-corrected chi connectivity index (χ1v) is 7.48. The van der Waals surface area contributed by atoms with Gasteiger partial charge in [-0.15, -0.1) is 0 Å². The average molecular weight is 310 g/mol.